The molecule has 2 aliphatic rings. The number of carbonyl (C=O) groups excluding carboxylic acids is 1. The first-order valence-corrected chi connectivity index (χ1v) is 13.6. The van der Waals surface area contributed by atoms with Crippen molar-refractivity contribution in [1.29, 1.82) is 0 Å². The minimum Gasteiger partial charge on any atom is -0.348 e. The second-order valence-electron chi connectivity index (χ2n) is 8.95. The van der Waals surface area contributed by atoms with Crippen molar-refractivity contribution in [2.45, 2.75) is 56.5 Å². The van der Waals surface area contributed by atoms with Gasteiger partial charge in [0.1, 0.15) is 0 Å². The molecule has 0 radical (unpaired) electrons. The van der Waals surface area contributed by atoms with Crippen LogP contribution in [0.1, 0.15) is 60.0 Å². The largest absolute Gasteiger partial charge is 0.348 e. The van der Waals surface area contributed by atoms with Crippen LogP contribution in [0.3, 0.4) is 0 Å². The lowest BCUT2D eigenvalue weighted by Gasteiger charge is -2.26. The van der Waals surface area contributed by atoms with Gasteiger partial charge in [-0.05, 0) is 68.1 Å². The summed E-state index contributed by atoms with van der Waals surface area (Å²) in [5, 5.41) is 3.14. The van der Waals surface area contributed by atoms with Gasteiger partial charge >= 0.3 is 0 Å². The van der Waals surface area contributed by atoms with Crippen LogP contribution in [0, 0.1) is 0 Å². The molecule has 2 aromatic carbocycles. The lowest BCUT2D eigenvalue weighted by atomic mass is 10.1. The highest BCUT2D eigenvalue weighted by atomic mass is 35.5. The Hall–Kier alpha value is -1.93. The first-order chi connectivity index (χ1) is 15.9. The number of piperidine rings is 2. The minimum atomic E-state index is -3.63. The highest BCUT2D eigenvalue weighted by molar-refractivity contribution is 7.89. The number of carbonyl (C=O) groups is 1. The van der Waals surface area contributed by atoms with Gasteiger partial charge in [-0.3, -0.25) is 9.69 Å². The van der Waals surface area contributed by atoms with Crippen LogP contribution in [0.4, 0.5) is 0 Å². The second kappa shape index (κ2) is 11.0. The van der Waals surface area contributed by atoms with Crippen molar-refractivity contribution in [3.63, 3.8) is 0 Å². The summed E-state index contributed by atoms with van der Waals surface area (Å²) in [6, 6.07) is 12.6. The van der Waals surface area contributed by atoms with E-state index in [0.29, 0.717) is 19.6 Å². The molecule has 178 valence electrons. The molecule has 1 N–H and O–H groups in total. The van der Waals surface area contributed by atoms with Crippen LogP contribution in [0.15, 0.2) is 47.4 Å². The molecule has 0 unspecified atom stereocenters. The van der Waals surface area contributed by atoms with Gasteiger partial charge in [0.25, 0.3) is 5.91 Å². The van der Waals surface area contributed by atoms with Gasteiger partial charge in [-0.25, -0.2) is 8.42 Å². The number of nitrogens with zero attached hydrogens (tertiary/aromatic N) is 2. The van der Waals surface area contributed by atoms with E-state index in [2.05, 4.69) is 22.3 Å². The highest BCUT2D eigenvalue weighted by Gasteiger charge is 2.27. The van der Waals surface area contributed by atoms with Crippen molar-refractivity contribution >= 4 is 27.5 Å². The Balaban J connectivity index is 1.42. The van der Waals surface area contributed by atoms with Crippen LogP contribution >= 0.6 is 11.6 Å². The summed E-state index contributed by atoms with van der Waals surface area (Å²) in [6.07, 6.45) is 6.57. The fourth-order valence-electron chi connectivity index (χ4n) is 4.58. The molecular formula is C25H32ClN3O3S. The SMILES string of the molecule is O=C(NCc1cccc(CN2CCCCC2)c1)c1cc(S(=O)(=O)N2CCCCC2)ccc1Cl. The maximum atomic E-state index is 13.0. The molecule has 0 bridgehead atoms. The summed E-state index contributed by atoms with van der Waals surface area (Å²) in [7, 11) is -3.63. The predicted octanol–water partition coefficient (Wildman–Crippen LogP) is 4.43. The number of likely N-dealkylation sites (tertiary alicyclic amines) is 1. The molecule has 2 aromatic rings. The molecule has 2 fully saturated rings. The third-order valence-electron chi connectivity index (χ3n) is 6.43. The molecule has 2 heterocycles. The van der Waals surface area contributed by atoms with Crippen LogP contribution in [-0.2, 0) is 23.1 Å². The third-order valence-corrected chi connectivity index (χ3v) is 8.66. The molecule has 0 aliphatic carbocycles. The molecule has 33 heavy (non-hydrogen) atoms. The zero-order valence-corrected chi connectivity index (χ0v) is 20.5. The van der Waals surface area contributed by atoms with Gasteiger partial charge in [-0.15, -0.1) is 0 Å². The van der Waals surface area contributed by atoms with Crippen LogP contribution in [0.2, 0.25) is 5.02 Å². The first kappa shape index (κ1) is 24.2. The van der Waals surface area contributed by atoms with Gasteiger partial charge < -0.3 is 5.32 Å². The van der Waals surface area contributed by atoms with E-state index in [-0.39, 0.29) is 21.4 Å². The van der Waals surface area contributed by atoms with E-state index in [1.165, 1.54) is 47.3 Å². The quantitative estimate of drug-likeness (QED) is 0.624. The smallest absolute Gasteiger partial charge is 0.253 e. The average Bonchev–Trinajstić information content (AvgIpc) is 2.84. The maximum absolute atomic E-state index is 13.0. The predicted molar refractivity (Wildman–Crippen MR) is 131 cm³/mol. The summed E-state index contributed by atoms with van der Waals surface area (Å²) in [6.45, 7) is 4.57. The highest BCUT2D eigenvalue weighted by Crippen LogP contribution is 2.25. The molecule has 2 saturated heterocycles. The molecule has 2 aliphatic heterocycles. The van der Waals surface area contributed by atoms with Crippen molar-refractivity contribution < 1.29 is 13.2 Å². The number of nitrogens with one attached hydrogen (secondary N) is 1. The Bertz CT molecular complexity index is 1080. The van der Waals surface area contributed by atoms with Crippen molar-refractivity contribution in [2.24, 2.45) is 0 Å². The van der Waals surface area contributed by atoms with E-state index < -0.39 is 10.0 Å². The Morgan fingerprint density at radius 3 is 2.27 bits per heavy atom. The normalized spacial score (nSPS) is 18.2. The van der Waals surface area contributed by atoms with E-state index in [1.807, 2.05) is 12.1 Å². The number of benzene rings is 2. The monoisotopic (exact) mass is 489 g/mol. The fourth-order valence-corrected chi connectivity index (χ4v) is 6.33. The van der Waals surface area contributed by atoms with Crippen LogP contribution in [0.5, 0.6) is 0 Å². The molecule has 1 amide bonds. The summed E-state index contributed by atoms with van der Waals surface area (Å²) in [5.41, 5.74) is 2.42. The molecule has 6 nitrogen and oxygen atoms in total. The zero-order chi connectivity index (χ0) is 23.3. The van der Waals surface area contributed by atoms with E-state index in [0.717, 1.165) is 44.5 Å². The number of hydrogen-bond donors (Lipinski definition) is 1. The Morgan fingerprint density at radius 2 is 1.55 bits per heavy atom. The molecule has 0 spiro atoms. The van der Waals surface area contributed by atoms with Gasteiger partial charge in [0.05, 0.1) is 15.5 Å². The molecular weight excluding hydrogens is 458 g/mol. The maximum Gasteiger partial charge on any atom is 0.253 e. The number of sulfonamides is 1. The topological polar surface area (TPSA) is 69.7 Å². The summed E-state index contributed by atoms with van der Waals surface area (Å²) < 4.78 is 27.5. The van der Waals surface area contributed by atoms with E-state index in [4.69, 9.17) is 11.6 Å². The van der Waals surface area contributed by atoms with Crippen molar-refractivity contribution in [2.75, 3.05) is 26.2 Å². The number of halogens is 1. The summed E-state index contributed by atoms with van der Waals surface area (Å²) in [5.74, 6) is -0.378. The average molecular weight is 490 g/mol. The van der Waals surface area contributed by atoms with Gasteiger partial charge in [0, 0.05) is 26.2 Å². The van der Waals surface area contributed by atoms with Crippen LogP contribution < -0.4 is 5.32 Å². The fraction of sp³-hybridized carbons (Fsp3) is 0.480. The first-order valence-electron chi connectivity index (χ1n) is 11.8. The molecule has 8 heteroatoms. The van der Waals surface area contributed by atoms with Crippen molar-refractivity contribution in [3.05, 3.63) is 64.2 Å². The Labute approximate surface area is 202 Å². The number of hydrogen-bond acceptors (Lipinski definition) is 4. The van der Waals surface area contributed by atoms with Crippen molar-refractivity contribution in [1.82, 2.24) is 14.5 Å². The molecule has 0 aromatic heterocycles. The number of amides is 1. The lowest BCUT2D eigenvalue weighted by molar-refractivity contribution is 0.0951. The number of rotatable bonds is 7. The van der Waals surface area contributed by atoms with E-state index in [1.54, 1.807) is 0 Å². The molecule has 4 rings (SSSR count). The van der Waals surface area contributed by atoms with Crippen molar-refractivity contribution in [3.8, 4) is 0 Å². The lowest BCUT2D eigenvalue weighted by Crippen LogP contribution is -2.35. The van der Waals surface area contributed by atoms with E-state index >= 15 is 0 Å². The van der Waals surface area contributed by atoms with Crippen LogP contribution in [0.25, 0.3) is 0 Å². The summed E-state index contributed by atoms with van der Waals surface area (Å²) >= 11 is 6.27. The Morgan fingerprint density at radius 1 is 0.879 bits per heavy atom. The van der Waals surface area contributed by atoms with Gasteiger partial charge in [-0.2, -0.15) is 4.31 Å². The summed E-state index contributed by atoms with van der Waals surface area (Å²) in [4.78, 5) is 15.5. The third kappa shape index (κ3) is 6.15. The van der Waals surface area contributed by atoms with Gasteiger partial charge in [0.15, 0.2) is 0 Å². The second-order valence-corrected chi connectivity index (χ2v) is 11.3. The Kier molecular flexibility index (Phi) is 8.07. The van der Waals surface area contributed by atoms with Gasteiger partial charge in [-0.1, -0.05) is 48.7 Å². The van der Waals surface area contributed by atoms with E-state index in [9.17, 15) is 13.2 Å². The zero-order valence-electron chi connectivity index (χ0n) is 18.9. The molecule has 0 atom stereocenters. The molecule has 0 saturated carbocycles. The minimum absolute atomic E-state index is 0.113. The standard InChI is InChI=1S/C25H32ClN3O3S/c26-24-11-10-22(33(31,32)29-14-5-2-6-15-29)17-23(24)25(30)27-18-20-8-7-9-21(16-20)19-28-12-3-1-4-13-28/h7-11,16-17H,1-6,12-15,18-19H2,(H,27,30). The van der Waals surface area contributed by atoms with Gasteiger partial charge in [0.2, 0.25) is 10.0 Å². The van der Waals surface area contributed by atoms with Crippen LogP contribution in [-0.4, -0.2) is 49.7 Å².